The summed E-state index contributed by atoms with van der Waals surface area (Å²) in [5.74, 6) is 3.37. The molecular weight excluding hydrogens is 246 g/mol. The molecule has 1 N–H and O–H groups in total. The van der Waals surface area contributed by atoms with Crippen LogP contribution in [0.3, 0.4) is 0 Å². The molecule has 0 amide bonds. The molecule has 1 unspecified atom stereocenters. The number of hydrogen-bond donors (Lipinski definition) is 1. The standard InChI is InChI=1S/C13H25N3OS/c1-4-18-11-6-12(2)15-13-14-7-9-16(13)8-5-10-17-3/h7,9,12H,4-6,8,10-11H2,1-3H3,(H,14,15). The van der Waals surface area contributed by atoms with Gasteiger partial charge in [0, 0.05) is 38.7 Å². The van der Waals surface area contributed by atoms with Crippen molar-refractivity contribution in [3.05, 3.63) is 12.4 Å². The first kappa shape index (κ1) is 15.4. The van der Waals surface area contributed by atoms with Crippen LogP contribution in [0, 0.1) is 0 Å². The second-order valence-electron chi connectivity index (χ2n) is 4.32. The Hall–Kier alpha value is -0.680. The Kier molecular flexibility index (Phi) is 7.93. The van der Waals surface area contributed by atoms with Crippen molar-refractivity contribution in [3.63, 3.8) is 0 Å². The monoisotopic (exact) mass is 271 g/mol. The molecule has 0 aromatic carbocycles. The largest absolute Gasteiger partial charge is 0.385 e. The number of methoxy groups -OCH3 is 1. The van der Waals surface area contributed by atoms with E-state index >= 15 is 0 Å². The van der Waals surface area contributed by atoms with Crippen LogP contribution in [0.5, 0.6) is 0 Å². The molecular formula is C13H25N3OS. The molecule has 0 fully saturated rings. The molecule has 1 atom stereocenters. The Balaban J connectivity index is 2.34. The van der Waals surface area contributed by atoms with Crippen LogP contribution in [0.4, 0.5) is 5.95 Å². The second-order valence-corrected chi connectivity index (χ2v) is 5.72. The maximum Gasteiger partial charge on any atom is 0.202 e. The molecule has 0 saturated carbocycles. The van der Waals surface area contributed by atoms with E-state index in [-0.39, 0.29) is 0 Å². The van der Waals surface area contributed by atoms with Crippen molar-refractivity contribution in [1.29, 1.82) is 0 Å². The minimum Gasteiger partial charge on any atom is -0.385 e. The van der Waals surface area contributed by atoms with Gasteiger partial charge >= 0.3 is 0 Å². The summed E-state index contributed by atoms with van der Waals surface area (Å²) in [6.45, 7) is 6.16. The first-order chi connectivity index (χ1) is 8.77. The average molecular weight is 271 g/mol. The van der Waals surface area contributed by atoms with Crippen molar-refractivity contribution >= 4 is 17.7 Å². The number of aryl methyl sites for hydroxylation is 1. The van der Waals surface area contributed by atoms with E-state index in [9.17, 15) is 0 Å². The van der Waals surface area contributed by atoms with Gasteiger partial charge in [-0.3, -0.25) is 0 Å². The number of ether oxygens (including phenoxy) is 1. The van der Waals surface area contributed by atoms with Gasteiger partial charge in [-0.2, -0.15) is 11.8 Å². The third-order valence-corrected chi connectivity index (χ3v) is 3.67. The van der Waals surface area contributed by atoms with Gasteiger partial charge < -0.3 is 14.6 Å². The molecule has 0 aliphatic carbocycles. The molecule has 0 aliphatic heterocycles. The summed E-state index contributed by atoms with van der Waals surface area (Å²) in [5.41, 5.74) is 0. The average Bonchev–Trinajstić information content (AvgIpc) is 2.77. The molecule has 1 aromatic rings. The van der Waals surface area contributed by atoms with Gasteiger partial charge in [-0.15, -0.1) is 0 Å². The zero-order valence-corrected chi connectivity index (χ0v) is 12.5. The summed E-state index contributed by atoms with van der Waals surface area (Å²) in [4.78, 5) is 4.37. The highest BCUT2D eigenvalue weighted by Crippen LogP contribution is 2.11. The van der Waals surface area contributed by atoms with E-state index < -0.39 is 0 Å². The number of rotatable bonds is 10. The predicted molar refractivity (Wildman–Crippen MR) is 79.4 cm³/mol. The summed E-state index contributed by atoms with van der Waals surface area (Å²) in [5, 5.41) is 3.47. The summed E-state index contributed by atoms with van der Waals surface area (Å²) in [7, 11) is 1.74. The Morgan fingerprint density at radius 1 is 1.56 bits per heavy atom. The van der Waals surface area contributed by atoms with Gasteiger partial charge in [0.05, 0.1) is 0 Å². The molecule has 104 valence electrons. The molecule has 1 heterocycles. The Morgan fingerprint density at radius 2 is 2.39 bits per heavy atom. The van der Waals surface area contributed by atoms with Crippen molar-refractivity contribution in [2.45, 2.75) is 39.3 Å². The van der Waals surface area contributed by atoms with Gasteiger partial charge in [-0.25, -0.2) is 4.98 Å². The van der Waals surface area contributed by atoms with Crippen LogP contribution in [0.2, 0.25) is 0 Å². The number of hydrogen-bond acceptors (Lipinski definition) is 4. The highest BCUT2D eigenvalue weighted by atomic mass is 32.2. The van der Waals surface area contributed by atoms with Gasteiger partial charge in [-0.1, -0.05) is 6.92 Å². The summed E-state index contributed by atoms with van der Waals surface area (Å²) in [6, 6.07) is 0.465. The van der Waals surface area contributed by atoms with E-state index in [0.717, 1.165) is 25.5 Å². The third kappa shape index (κ3) is 5.78. The highest BCUT2D eigenvalue weighted by Gasteiger charge is 2.06. The Bertz CT molecular complexity index is 317. The number of aromatic nitrogens is 2. The molecule has 0 saturated heterocycles. The molecule has 1 aromatic heterocycles. The number of anilines is 1. The van der Waals surface area contributed by atoms with Gasteiger partial charge in [0.15, 0.2) is 0 Å². The van der Waals surface area contributed by atoms with E-state index in [1.54, 1.807) is 7.11 Å². The van der Waals surface area contributed by atoms with Crippen molar-refractivity contribution in [3.8, 4) is 0 Å². The minimum atomic E-state index is 0.465. The highest BCUT2D eigenvalue weighted by molar-refractivity contribution is 7.99. The molecule has 0 bridgehead atoms. The molecule has 18 heavy (non-hydrogen) atoms. The molecule has 4 nitrogen and oxygen atoms in total. The van der Waals surface area contributed by atoms with Crippen LogP contribution in [0.25, 0.3) is 0 Å². The number of nitrogens with one attached hydrogen (secondary N) is 1. The van der Waals surface area contributed by atoms with E-state index in [1.807, 2.05) is 24.2 Å². The zero-order chi connectivity index (χ0) is 13.2. The SMILES string of the molecule is CCSCCC(C)Nc1nccn1CCCOC. The number of thioether (sulfide) groups is 1. The van der Waals surface area contributed by atoms with E-state index in [2.05, 4.69) is 28.7 Å². The lowest BCUT2D eigenvalue weighted by molar-refractivity contribution is 0.190. The lowest BCUT2D eigenvalue weighted by Gasteiger charge is -2.15. The smallest absolute Gasteiger partial charge is 0.202 e. The van der Waals surface area contributed by atoms with Crippen molar-refractivity contribution in [2.75, 3.05) is 30.5 Å². The fourth-order valence-corrected chi connectivity index (χ4v) is 2.51. The topological polar surface area (TPSA) is 39.1 Å². The lowest BCUT2D eigenvalue weighted by atomic mass is 10.3. The molecule has 0 spiro atoms. The van der Waals surface area contributed by atoms with Crippen LogP contribution >= 0.6 is 11.8 Å². The maximum atomic E-state index is 5.07. The van der Waals surface area contributed by atoms with Gasteiger partial charge in [0.25, 0.3) is 0 Å². The first-order valence-electron chi connectivity index (χ1n) is 6.62. The van der Waals surface area contributed by atoms with E-state index in [0.29, 0.717) is 6.04 Å². The van der Waals surface area contributed by atoms with Crippen molar-refractivity contribution in [2.24, 2.45) is 0 Å². The van der Waals surface area contributed by atoms with Crippen molar-refractivity contribution < 1.29 is 4.74 Å². The number of imidazole rings is 1. The molecule has 1 rings (SSSR count). The van der Waals surface area contributed by atoms with Crippen LogP contribution in [-0.4, -0.2) is 40.8 Å². The third-order valence-electron chi connectivity index (χ3n) is 2.74. The normalized spacial score (nSPS) is 12.6. The Labute approximate surface area is 115 Å². The summed E-state index contributed by atoms with van der Waals surface area (Å²) < 4.78 is 7.22. The Morgan fingerprint density at radius 3 is 3.11 bits per heavy atom. The van der Waals surface area contributed by atoms with Gasteiger partial charge in [0.1, 0.15) is 0 Å². The second kappa shape index (κ2) is 9.28. The van der Waals surface area contributed by atoms with E-state index in [1.165, 1.54) is 17.9 Å². The lowest BCUT2D eigenvalue weighted by Crippen LogP contribution is -2.19. The van der Waals surface area contributed by atoms with Gasteiger partial charge in [-0.05, 0) is 31.3 Å². The van der Waals surface area contributed by atoms with Gasteiger partial charge in [0.2, 0.25) is 5.95 Å². The summed E-state index contributed by atoms with van der Waals surface area (Å²) >= 11 is 1.99. The fourth-order valence-electron chi connectivity index (χ4n) is 1.71. The van der Waals surface area contributed by atoms with Crippen LogP contribution in [-0.2, 0) is 11.3 Å². The molecule has 5 heteroatoms. The predicted octanol–water partition coefficient (Wildman–Crippen LogP) is 2.86. The number of nitrogens with zero attached hydrogens (tertiary/aromatic N) is 2. The first-order valence-corrected chi connectivity index (χ1v) is 7.77. The van der Waals surface area contributed by atoms with Crippen LogP contribution in [0.1, 0.15) is 26.7 Å². The van der Waals surface area contributed by atoms with Crippen molar-refractivity contribution in [1.82, 2.24) is 9.55 Å². The van der Waals surface area contributed by atoms with E-state index in [4.69, 9.17) is 4.74 Å². The minimum absolute atomic E-state index is 0.465. The maximum absolute atomic E-state index is 5.07. The molecule has 0 radical (unpaired) electrons. The quantitative estimate of drug-likeness (QED) is 0.664. The fraction of sp³-hybridized carbons (Fsp3) is 0.769. The van der Waals surface area contributed by atoms with Crippen LogP contribution in [0.15, 0.2) is 12.4 Å². The summed E-state index contributed by atoms with van der Waals surface area (Å²) in [6.07, 6.45) is 6.05. The van der Waals surface area contributed by atoms with Crippen LogP contribution < -0.4 is 5.32 Å². The molecule has 0 aliphatic rings. The zero-order valence-electron chi connectivity index (χ0n) is 11.7.